The van der Waals surface area contributed by atoms with Gasteiger partial charge in [0.05, 0.1) is 12.7 Å². The lowest BCUT2D eigenvalue weighted by atomic mass is 10.0. The molecule has 1 aromatic rings. The van der Waals surface area contributed by atoms with Crippen molar-refractivity contribution in [2.75, 3.05) is 13.7 Å². The SMILES string of the molecule is COC1=C(C(=O)c2cccc(Cl)c2)COC1=O. The van der Waals surface area contributed by atoms with Crippen molar-refractivity contribution in [3.8, 4) is 0 Å². The van der Waals surface area contributed by atoms with Crippen LogP contribution in [0.2, 0.25) is 5.02 Å². The van der Waals surface area contributed by atoms with Gasteiger partial charge in [-0.25, -0.2) is 4.79 Å². The molecule has 0 amide bonds. The molecule has 0 spiro atoms. The fourth-order valence-electron chi connectivity index (χ4n) is 1.57. The Hall–Kier alpha value is -1.81. The number of esters is 1. The van der Waals surface area contributed by atoms with E-state index in [-0.39, 0.29) is 23.7 Å². The third-order valence-corrected chi connectivity index (χ3v) is 2.61. The van der Waals surface area contributed by atoms with E-state index in [1.54, 1.807) is 18.2 Å². The quantitative estimate of drug-likeness (QED) is 0.610. The Kier molecular flexibility index (Phi) is 3.15. The van der Waals surface area contributed by atoms with Gasteiger partial charge in [0.15, 0.2) is 5.78 Å². The minimum Gasteiger partial charge on any atom is -0.489 e. The Balaban J connectivity index is 2.39. The monoisotopic (exact) mass is 252 g/mol. The van der Waals surface area contributed by atoms with Crippen LogP contribution >= 0.6 is 11.6 Å². The first-order valence-electron chi connectivity index (χ1n) is 4.88. The van der Waals surface area contributed by atoms with E-state index < -0.39 is 5.97 Å². The second-order valence-electron chi connectivity index (χ2n) is 3.43. The van der Waals surface area contributed by atoms with Gasteiger partial charge in [0, 0.05) is 10.6 Å². The maximum atomic E-state index is 12.1. The number of Topliss-reactive ketones (excluding diaryl/α,β-unsaturated/α-hetero) is 1. The van der Waals surface area contributed by atoms with Crippen LogP contribution in [0.5, 0.6) is 0 Å². The van der Waals surface area contributed by atoms with Gasteiger partial charge in [0.25, 0.3) is 0 Å². The zero-order valence-electron chi connectivity index (χ0n) is 9.03. The Morgan fingerprint density at radius 2 is 2.24 bits per heavy atom. The van der Waals surface area contributed by atoms with Gasteiger partial charge in [-0.05, 0) is 12.1 Å². The van der Waals surface area contributed by atoms with Gasteiger partial charge in [0.2, 0.25) is 5.76 Å². The molecule has 1 aliphatic heterocycles. The molecule has 4 nitrogen and oxygen atoms in total. The van der Waals surface area contributed by atoms with Crippen LogP contribution < -0.4 is 0 Å². The molecule has 0 aromatic heterocycles. The number of rotatable bonds is 3. The Morgan fingerprint density at radius 1 is 1.47 bits per heavy atom. The number of carbonyl (C=O) groups is 2. The normalized spacial score (nSPS) is 14.8. The Bertz CT molecular complexity index is 519. The topological polar surface area (TPSA) is 52.6 Å². The number of methoxy groups -OCH3 is 1. The van der Waals surface area contributed by atoms with E-state index >= 15 is 0 Å². The second kappa shape index (κ2) is 4.59. The molecule has 0 N–H and O–H groups in total. The summed E-state index contributed by atoms with van der Waals surface area (Å²) in [4.78, 5) is 23.3. The molecular formula is C12H9ClO4. The molecule has 0 atom stereocenters. The molecule has 5 heteroatoms. The molecule has 1 aromatic carbocycles. The summed E-state index contributed by atoms with van der Waals surface area (Å²) in [5.41, 5.74) is 0.625. The average Bonchev–Trinajstić information content (AvgIpc) is 2.69. The average molecular weight is 253 g/mol. The molecule has 0 radical (unpaired) electrons. The maximum Gasteiger partial charge on any atom is 0.374 e. The van der Waals surface area contributed by atoms with E-state index in [1.807, 2.05) is 0 Å². The van der Waals surface area contributed by atoms with Crippen LogP contribution in [-0.4, -0.2) is 25.5 Å². The summed E-state index contributed by atoms with van der Waals surface area (Å²) in [6, 6.07) is 6.49. The Labute approximate surface area is 103 Å². The number of halogens is 1. The standard InChI is InChI=1S/C12H9ClO4/c1-16-11-9(6-17-12(11)15)10(14)7-3-2-4-8(13)5-7/h2-5H,6H2,1H3. The van der Waals surface area contributed by atoms with Gasteiger partial charge in [-0.2, -0.15) is 0 Å². The molecular weight excluding hydrogens is 244 g/mol. The second-order valence-corrected chi connectivity index (χ2v) is 3.86. The van der Waals surface area contributed by atoms with Crippen LogP contribution in [-0.2, 0) is 14.3 Å². The third-order valence-electron chi connectivity index (χ3n) is 2.37. The van der Waals surface area contributed by atoms with Crippen molar-refractivity contribution in [3.63, 3.8) is 0 Å². The number of ketones is 1. The molecule has 17 heavy (non-hydrogen) atoms. The lowest BCUT2D eigenvalue weighted by Crippen LogP contribution is -2.07. The predicted molar refractivity (Wildman–Crippen MR) is 60.8 cm³/mol. The molecule has 0 bridgehead atoms. The summed E-state index contributed by atoms with van der Waals surface area (Å²) >= 11 is 5.80. The van der Waals surface area contributed by atoms with Crippen molar-refractivity contribution < 1.29 is 19.1 Å². The van der Waals surface area contributed by atoms with E-state index in [1.165, 1.54) is 13.2 Å². The van der Waals surface area contributed by atoms with E-state index in [2.05, 4.69) is 0 Å². The van der Waals surface area contributed by atoms with Gasteiger partial charge in [-0.15, -0.1) is 0 Å². The predicted octanol–water partition coefficient (Wildman–Crippen LogP) is 1.98. The lowest BCUT2D eigenvalue weighted by molar-refractivity contribution is -0.138. The highest BCUT2D eigenvalue weighted by atomic mass is 35.5. The zero-order valence-corrected chi connectivity index (χ0v) is 9.78. The third kappa shape index (κ3) is 2.17. The Morgan fingerprint density at radius 3 is 2.88 bits per heavy atom. The largest absolute Gasteiger partial charge is 0.489 e. The maximum absolute atomic E-state index is 12.1. The highest BCUT2D eigenvalue weighted by molar-refractivity contribution is 6.31. The highest BCUT2D eigenvalue weighted by Gasteiger charge is 2.31. The van der Waals surface area contributed by atoms with Crippen LogP contribution in [0.25, 0.3) is 0 Å². The van der Waals surface area contributed by atoms with Crippen molar-refractivity contribution >= 4 is 23.4 Å². The fourth-order valence-corrected chi connectivity index (χ4v) is 1.76. The van der Waals surface area contributed by atoms with E-state index in [4.69, 9.17) is 21.1 Å². The smallest absolute Gasteiger partial charge is 0.374 e. The van der Waals surface area contributed by atoms with E-state index in [9.17, 15) is 9.59 Å². The minimum absolute atomic E-state index is 0.0324. The number of carbonyl (C=O) groups excluding carboxylic acids is 2. The zero-order chi connectivity index (χ0) is 12.4. The minimum atomic E-state index is -0.613. The summed E-state index contributed by atoms with van der Waals surface area (Å²) < 4.78 is 9.61. The molecule has 0 aliphatic carbocycles. The fraction of sp³-hybridized carbons (Fsp3) is 0.167. The number of hydrogen-bond acceptors (Lipinski definition) is 4. The summed E-state index contributed by atoms with van der Waals surface area (Å²) in [6.45, 7) is -0.0621. The number of ether oxygens (including phenoxy) is 2. The molecule has 0 fully saturated rings. The first-order valence-corrected chi connectivity index (χ1v) is 5.26. The van der Waals surface area contributed by atoms with Crippen molar-refractivity contribution in [2.45, 2.75) is 0 Å². The first kappa shape index (κ1) is 11.7. The molecule has 2 rings (SSSR count). The molecule has 0 saturated heterocycles. The number of hydrogen-bond donors (Lipinski definition) is 0. The molecule has 0 saturated carbocycles. The molecule has 88 valence electrons. The summed E-state index contributed by atoms with van der Waals surface area (Å²) in [7, 11) is 1.33. The number of benzene rings is 1. The lowest BCUT2D eigenvalue weighted by Gasteiger charge is -2.02. The van der Waals surface area contributed by atoms with E-state index in [0.717, 1.165) is 0 Å². The van der Waals surface area contributed by atoms with Crippen LogP contribution in [0.3, 0.4) is 0 Å². The van der Waals surface area contributed by atoms with Gasteiger partial charge in [0.1, 0.15) is 6.61 Å². The van der Waals surface area contributed by atoms with Gasteiger partial charge < -0.3 is 9.47 Å². The molecule has 1 aliphatic rings. The van der Waals surface area contributed by atoms with Crippen LogP contribution in [0.15, 0.2) is 35.6 Å². The summed E-state index contributed by atoms with van der Waals surface area (Å²) in [5.74, 6) is -0.956. The first-order chi connectivity index (χ1) is 8.13. The van der Waals surface area contributed by atoms with Gasteiger partial charge in [-0.1, -0.05) is 23.7 Å². The van der Waals surface area contributed by atoms with E-state index in [0.29, 0.717) is 10.6 Å². The molecule has 1 heterocycles. The molecule has 0 unspecified atom stereocenters. The van der Waals surface area contributed by atoms with Crippen molar-refractivity contribution in [2.24, 2.45) is 0 Å². The van der Waals surface area contributed by atoms with Gasteiger partial charge in [-0.3, -0.25) is 4.79 Å². The summed E-state index contributed by atoms with van der Waals surface area (Å²) in [5, 5.41) is 0.459. The van der Waals surface area contributed by atoms with Crippen molar-refractivity contribution in [3.05, 3.63) is 46.2 Å². The van der Waals surface area contributed by atoms with Gasteiger partial charge >= 0.3 is 5.97 Å². The van der Waals surface area contributed by atoms with Crippen molar-refractivity contribution in [1.82, 2.24) is 0 Å². The van der Waals surface area contributed by atoms with Crippen LogP contribution in [0.4, 0.5) is 0 Å². The van der Waals surface area contributed by atoms with Crippen molar-refractivity contribution in [1.29, 1.82) is 0 Å². The summed E-state index contributed by atoms with van der Waals surface area (Å²) in [6.07, 6.45) is 0. The highest BCUT2D eigenvalue weighted by Crippen LogP contribution is 2.22. The van der Waals surface area contributed by atoms with Crippen LogP contribution in [0.1, 0.15) is 10.4 Å². The van der Waals surface area contributed by atoms with Crippen LogP contribution in [0, 0.1) is 0 Å². The number of cyclic esters (lactones) is 1.